The van der Waals surface area contributed by atoms with Gasteiger partial charge in [-0.15, -0.1) is 0 Å². The summed E-state index contributed by atoms with van der Waals surface area (Å²) in [6.07, 6.45) is 1.50. The third-order valence-corrected chi connectivity index (χ3v) is 4.53. The van der Waals surface area contributed by atoms with E-state index in [0.717, 1.165) is 5.56 Å². The number of nitrogens with zero attached hydrogens (tertiary/aromatic N) is 3. The molecule has 4 atom stereocenters. The van der Waals surface area contributed by atoms with Crippen LogP contribution in [0.3, 0.4) is 0 Å². The fourth-order valence-electron chi connectivity index (χ4n) is 2.86. The van der Waals surface area contributed by atoms with Gasteiger partial charge in [-0.25, -0.2) is 0 Å². The van der Waals surface area contributed by atoms with Gasteiger partial charge in [0.05, 0.1) is 12.1 Å². The first-order valence-electron chi connectivity index (χ1n) is 7.98. The summed E-state index contributed by atoms with van der Waals surface area (Å²) in [5, 5.41) is 32.5. The number of nitrogens with two attached hydrogens (primary N) is 1. The summed E-state index contributed by atoms with van der Waals surface area (Å²) in [5.41, 5.74) is 6.73. The van der Waals surface area contributed by atoms with Gasteiger partial charge in [-0.3, -0.25) is 4.98 Å². The Morgan fingerprint density at radius 3 is 2.58 bits per heavy atom. The van der Waals surface area contributed by atoms with Crippen LogP contribution in [0.5, 0.6) is 0 Å². The summed E-state index contributed by atoms with van der Waals surface area (Å²) in [7, 11) is 0. The fourth-order valence-corrected chi connectivity index (χ4v) is 3.08. The Labute approximate surface area is 155 Å². The van der Waals surface area contributed by atoms with Crippen molar-refractivity contribution in [1.82, 2.24) is 15.0 Å². The van der Waals surface area contributed by atoms with Crippen LogP contribution < -0.4 is 11.1 Å². The largest absolute Gasteiger partial charge is 0.396 e. The minimum atomic E-state index is -1.07. The highest BCUT2D eigenvalue weighted by molar-refractivity contribution is 6.31. The number of hydrogen-bond acceptors (Lipinski definition) is 8. The van der Waals surface area contributed by atoms with E-state index in [1.807, 2.05) is 0 Å². The van der Waals surface area contributed by atoms with E-state index >= 15 is 0 Å². The van der Waals surface area contributed by atoms with Crippen molar-refractivity contribution in [1.29, 1.82) is 0 Å². The van der Waals surface area contributed by atoms with Gasteiger partial charge >= 0.3 is 0 Å². The molecular formula is C17H18ClN5O3. The normalized spacial score (nSPS) is 24.8. The molecule has 0 radical (unpaired) electrons. The minimum absolute atomic E-state index is 0.0429. The van der Waals surface area contributed by atoms with Crippen LogP contribution in [0.25, 0.3) is 0 Å². The molecule has 26 heavy (non-hydrogen) atoms. The van der Waals surface area contributed by atoms with Gasteiger partial charge in [0.1, 0.15) is 17.5 Å². The van der Waals surface area contributed by atoms with Crippen molar-refractivity contribution in [2.24, 2.45) is 5.92 Å². The number of halogens is 1. The van der Waals surface area contributed by atoms with Gasteiger partial charge in [0.15, 0.2) is 5.15 Å². The number of aliphatic hydroxyl groups is 3. The highest BCUT2D eigenvalue weighted by atomic mass is 35.5. The molecule has 8 nitrogen and oxygen atoms in total. The topological polar surface area (TPSA) is 137 Å². The highest BCUT2D eigenvalue weighted by Gasteiger charge is 2.41. The molecule has 1 fully saturated rings. The number of anilines is 2. The lowest BCUT2D eigenvalue weighted by Gasteiger charge is -2.19. The Hall–Kier alpha value is -2.44. The second-order valence-corrected chi connectivity index (χ2v) is 6.35. The second-order valence-electron chi connectivity index (χ2n) is 5.99. The summed E-state index contributed by atoms with van der Waals surface area (Å²) in [6.45, 7) is -0.224. The van der Waals surface area contributed by atoms with Crippen LogP contribution >= 0.6 is 11.6 Å². The maximum atomic E-state index is 10.2. The predicted molar refractivity (Wildman–Crippen MR) is 96.3 cm³/mol. The van der Waals surface area contributed by atoms with Crippen molar-refractivity contribution in [3.63, 3.8) is 0 Å². The molecule has 0 aromatic carbocycles. The Morgan fingerprint density at radius 1 is 1.19 bits per heavy atom. The second kappa shape index (κ2) is 7.85. The van der Waals surface area contributed by atoms with Crippen molar-refractivity contribution >= 4 is 23.4 Å². The van der Waals surface area contributed by atoms with E-state index in [2.05, 4.69) is 32.1 Å². The van der Waals surface area contributed by atoms with Crippen molar-refractivity contribution in [3.05, 3.63) is 40.8 Å². The molecule has 0 aliphatic heterocycles. The Balaban J connectivity index is 1.91. The molecule has 1 saturated carbocycles. The summed E-state index contributed by atoms with van der Waals surface area (Å²) >= 11 is 6.17. The number of pyridine rings is 1. The summed E-state index contributed by atoms with van der Waals surface area (Å²) < 4.78 is 0. The van der Waals surface area contributed by atoms with Crippen LogP contribution in [0, 0.1) is 17.8 Å². The predicted octanol–water partition coefficient (Wildman–Crippen LogP) is 0.0215. The molecule has 1 aliphatic rings. The standard InChI is InChI=1S/C17H18ClN5O3/c18-15-11(2-1-9-3-5-20-6-4-9)16(23-17(19)22-15)21-12-7-10(8-24)13(25)14(12)26/h3-6,10,12-14,24-26H,7-8H2,(H3,19,21,22,23)/t10-,12-,13-,14+/m1/s1. The van der Waals surface area contributed by atoms with Crippen LogP contribution in [0.15, 0.2) is 24.5 Å². The first-order valence-corrected chi connectivity index (χ1v) is 8.36. The van der Waals surface area contributed by atoms with Gasteiger partial charge in [0, 0.05) is 30.5 Å². The van der Waals surface area contributed by atoms with E-state index in [-0.39, 0.29) is 23.5 Å². The van der Waals surface area contributed by atoms with Gasteiger partial charge < -0.3 is 26.4 Å². The third kappa shape index (κ3) is 3.86. The molecule has 3 rings (SSSR count). The smallest absolute Gasteiger partial charge is 0.223 e. The zero-order chi connectivity index (χ0) is 18.7. The molecular weight excluding hydrogens is 358 g/mol. The molecule has 9 heteroatoms. The Morgan fingerprint density at radius 2 is 1.92 bits per heavy atom. The highest BCUT2D eigenvalue weighted by Crippen LogP contribution is 2.30. The molecule has 0 spiro atoms. The van der Waals surface area contributed by atoms with E-state index in [9.17, 15) is 15.3 Å². The number of nitrogens with one attached hydrogen (secondary N) is 1. The number of nitrogen functional groups attached to an aromatic ring is 1. The molecule has 0 unspecified atom stereocenters. The molecule has 0 amide bonds. The minimum Gasteiger partial charge on any atom is -0.396 e. The first-order chi connectivity index (χ1) is 12.5. The van der Waals surface area contributed by atoms with E-state index in [4.69, 9.17) is 17.3 Å². The van der Waals surface area contributed by atoms with Crippen LogP contribution in [-0.2, 0) is 0 Å². The maximum Gasteiger partial charge on any atom is 0.223 e. The molecule has 136 valence electrons. The van der Waals surface area contributed by atoms with E-state index < -0.39 is 24.2 Å². The summed E-state index contributed by atoms with van der Waals surface area (Å²) in [6, 6.07) is 2.96. The molecule has 2 heterocycles. The molecule has 6 N–H and O–H groups in total. The zero-order valence-corrected chi connectivity index (χ0v) is 14.4. The Kier molecular flexibility index (Phi) is 5.54. The number of rotatable bonds is 3. The Bertz CT molecular complexity index is 840. The average Bonchev–Trinajstić information content (AvgIpc) is 2.89. The number of hydrogen-bond donors (Lipinski definition) is 5. The third-order valence-electron chi connectivity index (χ3n) is 4.25. The van der Waals surface area contributed by atoms with Gasteiger partial charge in [0.2, 0.25) is 5.95 Å². The van der Waals surface area contributed by atoms with Crippen molar-refractivity contribution in [2.75, 3.05) is 17.7 Å². The number of aliphatic hydroxyl groups excluding tert-OH is 3. The zero-order valence-electron chi connectivity index (χ0n) is 13.7. The van der Waals surface area contributed by atoms with Crippen molar-refractivity contribution in [2.45, 2.75) is 24.7 Å². The van der Waals surface area contributed by atoms with Gasteiger partial charge in [-0.2, -0.15) is 9.97 Å². The fraction of sp³-hybridized carbons (Fsp3) is 0.353. The van der Waals surface area contributed by atoms with Crippen molar-refractivity contribution < 1.29 is 15.3 Å². The lowest BCUT2D eigenvalue weighted by molar-refractivity contribution is 0.00445. The van der Waals surface area contributed by atoms with Crippen LogP contribution in [0.4, 0.5) is 11.8 Å². The van der Waals surface area contributed by atoms with Gasteiger partial charge in [0.25, 0.3) is 0 Å². The molecule has 2 aromatic heterocycles. The van der Waals surface area contributed by atoms with E-state index in [0.29, 0.717) is 12.0 Å². The van der Waals surface area contributed by atoms with Crippen LogP contribution in [0.1, 0.15) is 17.5 Å². The van der Waals surface area contributed by atoms with Crippen molar-refractivity contribution in [3.8, 4) is 11.8 Å². The quantitative estimate of drug-likeness (QED) is 0.374. The van der Waals surface area contributed by atoms with Crippen LogP contribution in [-0.4, -0.2) is 55.1 Å². The number of aromatic nitrogens is 3. The van der Waals surface area contributed by atoms with E-state index in [1.165, 1.54) is 0 Å². The lowest BCUT2D eigenvalue weighted by atomic mass is 10.1. The summed E-state index contributed by atoms with van der Waals surface area (Å²) in [5.74, 6) is 5.64. The monoisotopic (exact) mass is 375 g/mol. The molecule has 0 saturated heterocycles. The SMILES string of the molecule is Nc1nc(Cl)c(C#Cc2ccncc2)c(N[C@@H]2C[C@H](CO)[C@@H](O)[C@H]2O)n1. The van der Waals surface area contributed by atoms with Crippen LogP contribution in [0.2, 0.25) is 5.15 Å². The molecule has 1 aliphatic carbocycles. The summed E-state index contributed by atoms with van der Waals surface area (Å²) in [4.78, 5) is 12.0. The lowest BCUT2D eigenvalue weighted by Crippen LogP contribution is -2.35. The first kappa shape index (κ1) is 18.4. The van der Waals surface area contributed by atoms with Gasteiger partial charge in [-0.05, 0) is 18.6 Å². The van der Waals surface area contributed by atoms with Gasteiger partial charge in [-0.1, -0.05) is 23.4 Å². The van der Waals surface area contributed by atoms with E-state index in [1.54, 1.807) is 24.5 Å². The maximum absolute atomic E-state index is 10.2. The molecule has 2 aromatic rings. The average molecular weight is 376 g/mol. The molecule has 0 bridgehead atoms.